The van der Waals surface area contributed by atoms with E-state index >= 15 is 0 Å². The first-order chi connectivity index (χ1) is 21.2. The van der Waals surface area contributed by atoms with Gasteiger partial charge in [0.05, 0.1) is 11.4 Å². The van der Waals surface area contributed by atoms with Gasteiger partial charge in [0.15, 0.2) is 5.82 Å². The van der Waals surface area contributed by atoms with Crippen molar-refractivity contribution in [1.82, 2.24) is 9.97 Å². The van der Waals surface area contributed by atoms with Gasteiger partial charge in [0.1, 0.15) is 0 Å². The highest BCUT2D eigenvalue weighted by Crippen LogP contribution is 2.39. The fraction of sp³-hybridized carbons (Fsp3) is 0.0244. The van der Waals surface area contributed by atoms with Crippen LogP contribution < -0.4 is 0 Å². The molecular weight excluding hydrogens is 520 g/mol. The van der Waals surface area contributed by atoms with Crippen LogP contribution in [-0.4, -0.2) is 9.97 Å². The van der Waals surface area contributed by atoms with Gasteiger partial charge in [-0.05, 0) is 68.1 Å². The van der Waals surface area contributed by atoms with Crippen LogP contribution in [0.15, 0.2) is 152 Å². The van der Waals surface area contributed by atoms with Gasteiger partial charge in [0.2, 0.25) is 0 Å². The highest BCUT2D eigenvalue weighted by molar-refractivity contribution is 6.25. The Morgan fingerprint density at radius 1 is 0.349 bits per heavy atom. The van der Waals surface area contributed by atoms with E-state index in [2.05, 4.69) is 153 Å². The minimum Gasteiger partial charge on any atom is -0.228 e. The van der Waals surface area contributed by atoms with Gasteiger partial charge in [-0.25, -0.2) is 9.97 Å². The summed E-state index contributed by atoms with van der Waals surface area (Å²) < 4.78 is 0. The average Bonchev–Trinajstić information content (AvgIpc) is 3.08. The molecule has 0 aliphatic carbocycles. The van der Waals surface area contributed by atoms with E-state index in [1.807, 2.05) is 6.07 Å². The number of aromatic nitrogens is 2. The third-order valence-corrected chi connectivity index (χ3v) is 8.44. The van der Waals surface area contributed by atoms with Gasteiger partial charge in [-0.2, -0.15) is 0 Å². The first-order valence-electron chi connectivity index (χ1n) is 14.7. The van der Waals surface area contributed by atoms with E-state index in [0.29, 0.717) is 0 Å². The zero-order valence-corrected chi connectivity index (χ0v) is 23.8. The van der Waals surface area contributed by atoms with Crippen LogP contribution in [-0.2, 0) is 0 Å². The lowest BCUT2D eigenvalue weighted by molar-refractivity contribution is 1.18. The van der Waals surface area contributed by atoms with E-state index in [-0.39, 0.29) is 0 Å². The van der Waals surface area contributed by atoms with Crippen molar-refractivity contribution in [2.45, 2.75) is 6.92 Å². The van der Waals surface area contributed by atoms with E-state index in [1.165, 1.54) is 37.9 Å². The Hall–Kier alpha value is -5.60. The van der Waals surface area contributed by atoms with Crippen LogP contribution in [0.1, 0.15) is 5.56 Å². The Kier molecular flexibility index (Phi) is 6.05. The van der Waals surface area contributed by atoms with Crippen LogP contribution in [0, 0.1) is 6.92 Å². The molecule has 0 aliphatic rings. The second-order valence-corrected chi connectivity index (χ2v) is 11.0. The third-order valence-electron chi connectivity index (χ3n) is 8.44. The SMILES string of the molecule is Cc1ccccc1-c1cc(-c2ccccc2)nc(-c2ccccc2-c2ccc3c4ccccc4c4ccccc4c3c2)n1. The van der Waals surface area contributed by atoms with Crippen molar-refractivity contribution < 1.29 is 0 Å². The highest BCUT2D eigenvalue weighted by Gasteiger charge is 2.16. The van der Waals surface area contributed by atoms with Crippen molar-refractivity contribution in [2.75, 3.05) is 0 Å². The number of benzene rings is 7. The fourth-order valence-electron chi connectivity index (χ4n) is 6.33. The van der Waals surface area contributed by atoms with Crippen molar-refractivity contribution in [2.24, 2.45) is 0 Å². The normalized spacial score (nSPS) is 11.4. The number of hydrogen-bond donors (Lipinski definition) is 0. The van der Waals surface area contributed by atoms with Crippen LogP contribution in [0.3, 0.4) is 0 Å². The topological polar surface area (TPSA) is 25.8 Å². The Morgan fingerprint density at radius 3 is 1.53 bits per heavy atom. The molecule has 0 amide bonds. The number of hydrogen-bond acceptors (Lipinski definition) is 2. The maximum absolute atomic E-state index is 5.19. The molecule has 7 aromatic carbocycles. The predicted molar refractivity (Wildman–Crippen MR) is 181 cm³/mol. The van der Waals surface area contributed by atoms with Crippen LogP contribution in [0.2, 0.25) is 0 Å². The molecular formula is C41H28N2. The number of fused-ring (bicyclic) bond motifs is 6. The number of rotatable bonds is 4. The minimum absolute atomic E-state index is 0.721. The Balaban J connectivity index is 1.37. The van der Waals surface area contributed by atoms with Crippen LogP contribution in [0.4, 0.5) is 0 Å². The van der Waals surface area contributed by atoms with E-state index in [4.69, 9.17) is 9.97 Å². The molecule has 0 N–H and O–H groups in total. The maximum atomic E-state index is 5.19. The van der Waals surface area contributed by atoms with Gasteiger partial charge in [-0.1, -0.05) is 140 Å². The molecule has 0 fully saturated rings. The first-order valence-corrected chi connectivity index (χ1v) is 14.7. The van der Waals surface area contributed by atoms with E-state index < -0.39 is 0 Å². The highest BCUT2D eigenvalue weighted by atomic mass is 14.9. The van der Waals surface area contributed by atoms with Crippen LogP contribution in [0.25, 0.3) is 77.3 Å². The Morgan fingerprint density at radius 2 is 0.860 bits per heavy atom. The number of nitrogens with zero attached hydrogens (tertiary/aromatic N) is 2. The third kappa shape index (κ3) is 4.36. The lowest BCUT2D eigenvalue weighted by Crippen LogP contribution is -1.98. The quantitative estimate of drug-likeness (QED) is 0.204. The van der Waals surface area contributed by atoms with Gasteiger partial charge in [0, 0.05) is 16.7 Å². The van der Waals surface area contributed by atoms with E-state index in [0.717, 1.165) is 45.0 Å². The number of aryl methyl sites for hydroxylation is 1. The van der Waals surface area contributed by atoms with Gasteiger partial charge in [-0.15, -0.1) is 0 Å². The molecule has 8 rings (SSSR count). The predicted octanol–water partition coefficient (Wildman–Crippen LogP) is 10.9. The standard InChI is InChI=1S/C41H28N2/c1-27-13-5-6-16-30(27)40-26-39(28-14-3-2-4-15-28)42-41(43-40)37-22-12-7-17-31(37)29-23-24-36-34-20-9-8-18-32(34)33-19-10-11-21-35(33)38(36)25-29/h2-26H,1H3. The fourth-order valence-corrected chi connectivity index (χ4v) is 6.33. The molecule has 0 spiro atoms. The van der Waals surface area contributed by atoms with Crippen molar-refractivity contribution in [3.63, 3.8) is 0 Å². The molecule has 0 saturated carbocycles. The molecule has 202 valence electrons. The molecule has 0 radical (unpaired) electrons. The molecule has 43 heavy (non-hydrogen) atoms. The Labute approximate surface area is 251 Å². The van der Waals surface area contributed by atoms with Crippen LogP contribution >= 0.6 is 0 Å². The molecule has 1 aromatic heterocycles. The van der Waals surface area contributed by atoms with Crippen molar-refractivity contribution in [3.8, 4) is 45.0 Å². The van der Waals surface area contributed by atoms with E-state index in [9.17, 15) is 0 Å². The summed E-state index contributed by atoms with van der Waals surface area (Å²) >= 11 is 0. The summed E-state index contributed by atoms with van der Waals surface area (Å²) in [6, 6.07) is 53.7. The molecule has 0 aliphatic heterocycles. The second-order valence-electron chi connectivity index (χ2n) is 11.0. The molecule has 1 heterocycles. The zero-order chi connectivity index (χ0) is 28.8. The summed E-state index contributed by atoms with van der Waals surface area (Å²) in [6.45, 7) is 2.14. The van der Waals surface area contributed by atoms with Crippen LogP contribution in [0.5, 0.6) is 0 Å². The summed E-state index contributed by atoms with van der Waals surface area (Å²) in [5.41, 5.74) is 8.49. The van der Waals surface area contributed by atoms with Crippen molar-refractivity contribution in [3.05, 3.63) is 157 Å². The summed E-state index contributed by atoms with van der Waals surface area (Å²) in [7, 11) is 0. The first kappa shape index (κ1) is 25.1. The molecule has 2 nitrogen and oxygen atoms in total. The second kappa shape index (κ2) is 10.3. The largest absolute Gasteiger partial charge is 0.228 e. The smallest absolute Gasteiger partial charge is 0.161 e. The van der Waals surface area contributed by atoms with E-state index in [1.54, 1.807) is 0 Å². The summed E-state index contributed by atoms with van der Waals surface area (Å²) in [6.07, 6.45) is 0. The lowest BCUT2D eigenvalue weighted by Gasteiger charge is -2.15. The van der Waals surface area contributed by atoms with Crippen molar-refractivity contribution in [1.29, 1.82) is 0 Å². The summed E-state index contributed by atoms with van der Waals surface area (Å²) in [5, 5.41) is 7.62. The molecule has 0 saturated heterocycles. The zero-order valence-electron chi connectivity index (χ0n) is 23.8. The summed E-state index contributed by atoms with van der Waals surface area (Å²) in [4.78, 5) is 10.3. The average molecular weight is 549 g/mol. The van der Waals surface area contributed by atoms with Crippen molar-refractivity contribution >= 4 is 32.3 Å². The van der Waals surface area contributed by atoms with Gasteiger partial charge in [0.25, 0.3) is 0 Å². The minimum atomic E-state index is 0.721. The molecule has 8 aromatic rings. The monoisotopic (exact) mass is 548 g/mol. The molecule has 0 atom stereocenters. The molecule has 0 unspecified atom stereocenters. The van der Waals surface area contributed by atoms with Gasteiger partial charge < -0.3 is 0 Å². The summed E-state index contributed by atoms with van der Waals surface area (Å²) in [5.74, 6) is 0.721. The maximum Gasteiger partial charge on any atom is 0.161 e. The molecule has 2 heteroatoms. The Bertz CT molecular complexity index is 2270. The van der Waals surface area contributed by atoms with Gasteiger partial charge >= 0.3 is 0 Å². The lowest BCUT2D eigenvalue weighted by atomic mass is 9.91. The van der Waals surface area contributed by atoms with Gasteiger partial charge in [-0.3, -0.25) is 0 Å². The molecule has 0 bridgehead atoms.